The number of amides is 1. The molecule has 1 rings (SSSR count). The Balaban J connectivity index is 2.73. The van der Waals surface area contributed by atoms with Gasteiger partial charge in [0, 0.05) is 6.42 Å². The largest absolute Gasteiger partial charge is 0.466 e. The summed E-state index contributed by atoms with van der Waals surface area (Å²) in [6.07, 6.45) is 0.166. The molecule has 0 spiro atoms. The van der Waals surface area contributed by atoms with Crippen molar-refractivity contribution < 1.29 is 23.9 Å². The van der Waals surface area contributed by atoms with E-state index in [2.05, 4.69) is 21.2 Å². The van der Waals surface area contributed by atoms with Crippen molar-refractivity contribution in [3.8, 4) is 0 Å². The number of hydrogen-bond acceptors (Lipinski definition) is 6. The summed E-state index contributed by atoms with van der Waals surface area (Å²) < 4.78 is 10.6. The molecule has 1 heterocycles. The van der Waals surface area contributed by atoms with E-state index in [4.69, 9.17) is 9.47 Å². The first-order valence-electron chi connectivity index (χ1n) is 7.28. The van der Waals surface area contributed by atoms with E-state index in [1.165, 1.54) is 11.3 Å². The van der Waals surface area contributed by atoms with Gasteiger partial charge in [-0.15, -0.1) is 11.3 Å². The molecule has 0 radical (unpaired) electrons. The van der Waals surface area contributed by atoms with Crippen molar-refractivity contribution in [1.82, 2.24) is 5.32 Å². The number of carbonyl (C=O) groups excluding carboxylic acids is 3. The van der Waals surface area contributed by atoms with E-state index in [9.17, 15) is 14.4 Å². The number of thiophene rings is 1. The van der Waals surface area contributed by atoms with Crippen molar-refractivity contribution >= 4 is 45.1 Å². The lowest BCUT2D eigenvalue weighted by Gasteiger charge is -2.16. The quantitative estimate of drug-likeness (QED) is 0.672. The zero-order chi connectivity index (χ0) is 17.4. The molecule has 0 fully saturated rings. The molecule has 0 saturated heterocycles. The third-order valence-electron chi connectivity index (χ3n) is 2.90. The lowest BCUT2D eigenvalue weighted by Crippen LogP contribution is -2.42. The van der Waals surface area contributed by atoms with Gasteiger partial charge in [0.1, 0.15) is 6.04 Å². The van der Waals surface area contributed by atoms with Gasteiger partial charge in [-0.3, -0.25) is 9.59 Å². The van der Waals surface area contributed by atoms with E-state index in [1.54, 1.807) is 19.9 Å². The van der Waals surface area contributed by atoms with Crippen molar-refractivity contribution in [1.29, 1.82) is 0 Å². The Morgan fingerprint density at radius 2 is 1.91 bits per heavy atom. The van der Waals surface area contributed by atoms with Crippen LogP contribution < -0.4 is 5.32 Å². The van der Waals surface area contributed by atoms with Crippen molar-refractivity contribution in [3.63, 3.8) is 0 Å². The highest BCUT2D eigenvalue weighted by molar-refractivity contribution is 9.11. The average Bonchev–Trinajstić information content (AvgIpc) is 2.83. The minimum absolute atomic E-state index is 0.0325. The SMILES string of the molecule is CCOC(=O)CC[C@H](NC(=O)c1cc(C)c(Br)s1)C(=O)OCC. The van der Waals surface area contributed by atoms with Crippen molar-refractivity contribution in [2.75, 3.05) is 13.2 Å². The van der Waals surface area contributed by atoms with Crippen LogP contribution in [0.5, 0.6) is 0 Å². The number of carbonyl (C=O) groups is 3. The fourth-order valence-electron chi connectivity index (χ4n) is 1.79. The van der Waals surface area contributed by atoms with Gasteiger partial charge in [0.25, 0.3) is 5.91 Å². The van der Waals surface area contributed by atoms with Gasteiger partial charge in [0.15, 0.2) is 0 Å². The molecule has 128 valence electrons. The highest BCUT2D eigenvalue weighted by Crippen LogP contribution is 2.27. The van der Waals surface area contributed by atoms with Crippen LogP contribution in [0.2, 0.25) is 0 Å². The minimum atomic E-state index is -0.881. The summed E-state index contributed by atoms with van der Waals surface area (Å²) in [5, 5.41) is 2.62. The first-order chi connectivity index (χ1) is 10.9. The molecule has 0 aliphatic carbocycles. The Bertz CT molecular complexity index is 553. The van der Waals surface area contributed by atoms with Crippen LogP contribution in [-0.4, -0.2) is 37.1 Å². The molecule has 0 aliphatic heterocycles. The summed E-state index contributed by atoms with van der Waals surface area (Å²) in [5.41, 5.74) is 0.944. The zero-order valence-corrected chi connectivity index (χ0v) is 15.7. The van der Waals surface area contributed by atoms with Crippen LogP contribution in [0.1, 0.15) is 41.9 Å². The molecule has 1 aromatic heterocycles. The highest BCUT2D eigenvalue weighted by Gasteiger charge is 2.24. The number of halogens is 1. The fourth-order valence-corrected chi connectivity index (χ4v) is 3.23. The van der Waals surface area contributed by atoms with Crippen LogP contribution in [0.25, 0.3) is 0 Å². The molecule has 1 aromatic rings. The van der Waals surface area contributed by atoms with Crippen molar-refractivity contribution in [3.05, 3.63) is 20.3 Å². The van der Waals surface area contributed by atoms with Gasteiger partial charge in [0.2, 0.25) is 0 Å². The summed E-state index contributed by atoms with van der Waals surface area (Å²) in [4.78, 5) is 36.1. The Hall–Kier alpha value is -1.41. The lowest BCUT2D eigenvalue weighted by molar-refractivity contribution is -0.146. The normalized spacial score (nSPS) is 11.7. The van der Waals surface area contributed by atoms with Crippen LogP contribution in [0.3, 0.4) is 0 Å². The molecule has 0 bridgehead atoms. The molecular formula is C15H20BrNO5S. The van der Waals surface area contributed by atoms with Crippen LogP contribution in [0, 0.1) is 6.92 Å². The topological polar surface area (TPSA) is 81.7 Å². The third kappa shape index (κ3) is 6.31. The Labute approximate surface area is 147 Å². The average molecular weight is 406 g/mol. The molecule has 0 aliphatic rings. The molecule has 0 aromatic carbocycles. The maximum absolute atomic E-state index is 12.3. The first kappa shape index (κ1) is 19.6. The van der Waals surface area contributed by atoms with E-state index in [0.29, 0.717) is 4.88 Å². The number of esters is 2. The van der Waals surface area contributed by atoms with Gasteiger partial charge in [0.05, 0.1) is 21.9 Å². The smallest absolute Gasteiger partial charge is 0.328 e. The fraction of sp³-hybridized carbons (Fsp3) is 0.533. The summed E-state index contributed by atoms with van der Waals surface area (Å²) in [7, 11) is 0. The standard InChI is InChI=1S/C15H20BrNO5S/c1-4-21-12(18)7-6-10(15(20)22-5-2)17-14(19)11-8-9(3)13(16)23-11/h8,10H,4-7H2,1-3H3,(H,17,19)/t10-/m0/s1. The molecule has 6 nitrogen and oxygen atoms in total. The number of nitrogens with one attached hydrogen (secondary N) is 1. The lowest BCUT2D eigenvalue weighted by atomic mass is 10.1. The maximum Gasteiger partial charge on any atom is 0.328 e. The predicted octanol–water partition coefficient (Wildman–Crippen LogP) is 2.82. The van der Waals surface area contributed by atoms with E-state index in [1.807, 2.05) is 6.92 Å². The van der Waals surface area contributed by atoms with E-state index < -0.39 is 18.0 Å². The van der Waals surface area contributed by atoms with Crippen LogP contribution in [0.4, 0.5) is 0 Å². The van der Waals surface area contributed by atoms with Gasteiger partial charge >= 0.3 is 11.9 Å². The van der Waals surface area contributed by atoms with Crippen molar-refractivity contribution in [2.45, 2.75) is 39.7 Å². The molecule has 1 amide bonds. The second-order valence-corrected chi connectivity index (χ2v) is 7.06. The summed E-state index contributed by atoms with van der Waals surface area (Å²) in [6.45, 7) is 5.74. The molecule has 0 unspecified atom stereocenters. The zero-order valence-electron chi connectivity index (χ0n) is 13.3. The van der Waals surface area contributed by atoms with Crippen LogP contribution >= 0.6 is 27.3 Å². The minimum Gasteiger partial charge on any atom is -0.466 e. The second kappa shape index (κ2) is 9.67. The van der Waals surface area contributed by atoms with E-state index in [0.717, 1.165) is 9.35 Å². The number of aryl methyl sites for hydroxylation is 1. The Kier molecular flexibility index (Phi) is 8.25. The molecule has 1 N–H and O–H groups in total. The monoisotopic (exact) mass is 405 g/mol. The molecule has 23 heavy (non-hydrogen) atoms. The highest BCUT2D eigenvalue weighted by atomic mass is 79.9. The molecule has 0 saturated carbocycles. The van der Waals surface area contributed by atoms with Gasteiger partial charge in [-0.1, -0.05) is 0 Å². The van der Waals surface area contributed by atoms with Crippen molar-refractivity contribution in [2.24, 2.45) is 0 Å². The first-order valence-corrected chi connectivity index (χ1v) is 8.89. The second-order valence-electron chi connectivity index (χ2n) is 4.69. The van der Waals surface area contributed by atoms with E-state index >= 15 is 0 Å². The Morgan fingerprint density at radius 3 is 2.43 bits per heavy atom. The van der Waals surface area contributed by atoms with Gasteiger partial charge in [-0.25, -0.2) is 4.79 Å². The number of ether oxygens (including phenoxy) is 2. The van der Waals surface area contributed by atoms with Gasteiger partial charge in [-0.2, -0.15) is 0 Å². The summed E-state index contributed by atoms with van der Waals surface area (Å²) in [6, 6.07) is 0.852. The number of rotatable bonds is 8. The van der Waals surface area contributed by atoms with Crippen LogP contribution in [0.15, 0.2) is 9.85 Å². The molecule has 1 atom stereocenters. The van der Waals surface area contributed by atoms with Crippen LogP contribution in [-0.2, 0) is 19.1 Å². The van der Waals surface area contributed by atoms with Gasteiger partial charge < -0.3 is 14.8 Å². The van der Waals surface area contributed by atoms with Gasteiger partial charge in [-0.05, 0) is 54.8 Å². The summed E-state index contributed by atoms with van der Waals surface area (Å²) >= 11 is 4.64. The summed E-state index contributed by atoms with van der Waals surface area (Å²) in [5.74, 6) is -1.34. The molecule has 8 heteroatoms. The third-order valence-corrected chi connectivity index (χ3v) is 5.04. The van der Waals surface area contributed by atoms with E-state index in [-0.39, 0.29) is 32.0 Å². The predicted molar refractivity (Wildman–Crippen MR) is 90.5 cm³/mol. The maximum atomic E-state index is 12.3. The number of hydrogen-bond donors (Lipinski definition) is 1. The molecular weight excluding hydrogens is 386 g/mol. The Morgan fingerprint density at radius 1 is 1.26 bits per heavy atom.